The Balaban J connectivity index is 1.34. The van der Waals surface area contributed by atoms with Gasteiger partial charge in [0.05, 0.1) is 10.8 Å². The van der Waals surface area contributed by atoms with E-state index in [9.17, 15) is 14.4 Å². The fourth-order valence-corrected chi connectivity index (χ4v) is 4.38. The Hall–Kier alpha value is -3.00. The lowest BCUT2D eigenvalue weighted by Crippen LogP contribution is -2.42. The van der Waals surface area contributed by atoms with Crippen LogP contribution in [0.15, 0.2) is 42.5 Å². The van der Waals surface area contributed by atoms with Gasteiger partial charge in [0, 0.05) is 0 Å². The van der Waals surface area contributed by atoms with Crippen molar-refractivity contribution < 1.29 is 29.0 Å². The first-order valence-electron chi connectivity index (χ1n) is 9.60. The number of aromatic carboxylic acids is 1. The summed E-state index contributed by atoms with van der Waals surface area (Å²) in [6, 6.07) is 12.4. The van der Waals surface area contributed by atoms with Crippen molar-refractivity contribution in [3.05, 3.63) is 59.2 Å². The number of carboxylic acid groups (broad SMARTS) is 1. The number of thioether (sulfide) groups is 1. The Kier molecular flexibility index (Phi) is 5.42. The Morgan fingerprint density at radius 1 is 1.27 bits per heavy atom. The molecule has 2 amide bonds. The van der Waals surface area contributed by atoms with E-state index >= 15 is 0 Å². The van der Waals surface area contributed by atoms with Crippen molar-refractivity contribution in [2.45, 2.75) is 37.0 Å². The Labute approximate surface area is 177 Å². The van der Waals surface area contributed by atoms with Crippen molar-refractivity contribution >= 4 is 28.9 Å². The second kappa shape index (κ2) is 8.02. The average molecular weight is 427 g/mol. The van der Waals surface area contributed by atoms with E-state index in [1.807, 2.05) is 31.2 Å². The number of amides is 2. The number of aryl methyl sites for hydroxylation is 1. The maximum Gasteiger partial charge on any atom is 0.335 e. The molecule has 0 radical (unpaired) electrons. The van der Waals surface area contributed by atoms with Gasteiger partial charge in [0.15, 0.2) is 0 Å². The van der Waals surface area contributed by atoms with Crippen molar-refractivity contribution in [3.63, 3.8) is 0 Å². The highest BCUT2D eigenvalue weighted by molar-refractivity contribution is 8.15. The molecule has 2 unspecified atom stereocenters. The lowest BCUT2D eigenvalue weighted by molar-refractivity contribution is -0.118. The number of imide groups is 1. The minimum Gasteiger partial charge on any atom is -0.489 e. The molecule has 2 aromatic carbocycles. The number of fused-ring (bicyclic) bond motifs is 1. The second-order valence-corrected chi connectivity index (χ2v) is 8.88. The topological polar surface area (TPSA) is 102 Å². The maximum absolute atomic E-state index is 11.7. The monoisotopic (exact) mass is 427 g/mol. The standard InChI is InChI=1S/C22H21NO6S/c1-22(9-8-14-11-15(20(25)26)4-7-17(14)29-22)12-28-16-5-2-13(3-6-16)10-18-19(24)23-21(27)30-18/h2-7,11,18H,8-10,12H2,1H3,(H,25,26)(H,23,24,27). The Morgan fingerprint density at radius 3 is 2.70 bits per heavy atom. The maximum atomic E-state index is 11.7. The molecule has 2 aromatic rings. The van der Waals surface area contributed by atoms with Crippen LogP contribution in [-0.4, -0.2) is 39.7 Å². The molecule has 0 aromatic heterocycles. The number of hydrogen-bond donors (Lipinski definition) is 2. The Bertz CT molecular complexity index is 1010. The first-order valence-corrected chi connectivity index (χ1v) is 10.5. The van der Waals surface area contributed by atoms with Gasteiger partial charge in [-0.15, -0.1) is 0 Å². The SMILES string of the molecule is CC1(COc2ccc(CC3SC(=O)NC3=O)cc2)CCc2cc(C(=O)O)ccc2O1. The molecule has 1 saturated heterocycles. The summed E-state index contributed by atoms with van der Waals surface area (Å²) in [6.07, 6.45) is 1.91. The van der Waals surface area contributed by atoms with E-state index in [0.29, 0.717) is 30.9 Å². The van der Waals surface area contributed by atoms with Gasteiger partial charge in [-0.25, -0.2) is 4.79 Å². The summed E-state index contributed by atoms with van der Waals surface area (Å²) in [6.45, 7) is 2.32. The predicted octanol–water partition coefficient (Wildman–Crippen LogP) is 3.44. The molecule has 0 bridgehead atoms. The van der Waals surface area contributed by atoms with E-state index in [4.69, 9.17) is 14.6 Å². The predicted molar refractivity (Wildman–Crippen MR) is 111 cm³/mol. The van der Waals surface area contributed by atoms with Crippen LogP contribution in [0, 0.1) is 0 Å². The molecule has 8 heteroatoms. The fraction of sp³-hybridized carbons (Fsp3) is 0.318. The molecule has 0 spiro atoms. The number of rotatable bonds is 6. The van der Waals surface area contributed by atoms with Crippen LogP contribution in [0.1, 0.15) is 34.8 Å². The third kappa shape index (κ3) is 4.43. The summed E-state index contributed by atoms with van der Waals surface area (Å²) in [7, 11) is 0. The third-order valence-electron chi connectivity index (χ3n) is 5.24. The number of carbonyl (C=O) groups excluding carboxylic acids is 2. The van der Waals surface area contributed by atoms with E-state index in [0.717, 1.165) is 29.3 Å². The summed E-state index contributed by atoms with van der Waals surface area (Å²) in [5, 5.41) is 10.7. The van der Waals surface area contributed by atoms with Gasteiger partial charge in [0.2, 0.25) is 5.91 Å². The zero-order valence-electron chi connectivity index (χ0n) is 16.3. The molecule has 30 heavy (non-hydrogen) atoms. The molecule has 4 rings (SSSR count). The quantitative estimate of drug-likeness (QED) is 0.728. The van der Waals surface area contributed by atoms with Gasteiger partial charge < -0.3 is 14.6 Å². The lowest BCUT2D eigenvalue weighted by Gasteiger charge is -2.35. The summed E-state index contributed by atoms with van der Waals surface area (Å²) < 4.78 is 12.0. The lowest BCUT2D eigenvalue weighted by atomic mass is 9.92. The molecule has 2 aliphatic heterocycles. The molecular formula is C22H21NO6S. The number of hydrogen-bond acceptors (Lipinski definition) is 6. The van der Waals surface area contributed by atoms with Gasteiger partial charge in [-0.3, -0.25) is 14.9 Å². The number of carboxylic acids is 1. The fourth-order valence-electron chi connectivity index (χ4n) is 3.52. The van der Waals surface area contributed by atoms with Crippen LogP contribution in [0.2, 0.25) is 0 Å². The zero-order chi connectivity index (χ0) is 21.3. The number of carbonyl (C=O) groups is 3. The summed E-state index contributed by atoms with van der Waals surface area (Å²) >= 11 is 1.02. The molecule has 2 atom stereocenters. The Morgan fingerprint density at radius 2 is 2.03 bits per heavy atom. The highest BCUT2D eigenvalue weighted by Crippen LogP contribution is 2.34. The van der Waals surface area contributed by atoms with Gasteiger partial charge in [0.1, 0.15) is 23.7 Å². The van der Waals surface area contributed by atoms with E-state index in [1.54, 1.807) is 18.2 Å². The zero-order valence-corrected chi connectivity index (χ0v) is 17.2. The van der Waals surface area contributed by atoms with Gasteiger partial charge >= 0.3 is 5.97 Å². The van der Waals surface area contributed by atoms with Crippen LogP contribution >= 0.6 is 11.8 Å². The van der Waals surface area contributed by atoms with Crippen molar-refractivity contribution in [1.82, 2.24) is 5.32 Å². The van der Waals surface area contributed by atoms with Crippen LogP contribution in [0.3, 0.4) is 0 Å². The van der Waals surface area contributed by atoms with Crippen molar-refractivity contribution in [2.24, 2.45) is 0 Å². The van der Waals surface area contributed by atoms with Crippen LogP contribution in [0.25, 0.3) is 0 Å². The molecule has 2 N–H and O–H groups in total. The highest BCUT2D eigenvalue weighted by Gasteiger charge is 2.33. The normalized spacial score (nSPS) is 22.8. The highest BCUT2D eigenvalue weighted by atomic mass is 32.2. The van der Waals surface area contributed by atoms with Crippen molar-refractivity contribution in [3.8, 4) is 11.5 Å². The number of nitrogens with one attached hydrogen (secondary N) is 1. The minimum atomic E-state index is -0.948. The van der Waals surface area contributed by atoms with Crippen LogP contribution < -0.4 is 14.8 Å². The van der Waals surface area contributed by atoms with Crippen molar-refractivity contribution in [2.75, 3.05) is 6.61 Å². The molecule has 0 aliphatic carbocycles. The van der Waals surface area contributed by atoms with Gasteiger partial charge in [-0.1, -0.05) is 23.9 Å². The summed E-state index contributed by atoms with van der Waals surface area (Å²) in [5.41, 5.74) is 1.59. The molecule has 2 aliphatic rings. The average Bonchev–Trinajstić information content (AvgIpc) is 3.03. The number of benzene rings is 2. The molecule has 7 nitrogen and oxygen atoms in total. The first-order chi connectivity index (χ1) is 14.3. The van der Waals surface area contributed by atoms with Crippen LogP contribution in [-0.2, 0) is 17.6 Å². The van der Waals surface area contributed by atoms with Crippen LogP contribution in [0.5, 0.6) is 11.5 Å². The van der Waals surface area contributed by atoms with E-state index in [-0.39, 0.29) is 22.0 Å². The van der Waals surface area contributed by atoms with Crippen molar-refractivity contribution in [1.29, 1.82) is 0 Å². The van der Waals surface area contributed by atoms with Gasteiger partial charge in [-0.05, 0) is 67.6 Å². The van der Waals surface area contributed by atoms with Gasteiger partial charge in [-0.2, -0.15) is 0 Å². The van der Waals surface area contributed by atoms with Crippen LogP contribution in [0.4, 0.5) is 4.79 Å². The molecule has 1 fully saturated rings. The third-order valence-corrected chi connectivity index (χ3v) is 6.22. The first kappa shape index (κ1) is 20.3. The van der Waals surface area contributed by atoms with E-state index in [1.165, 1.54) is 0 Å². The molecule has 0 saturated carbocycles. The second-order valence-electron chi connectivity index (χ2n) is 7.70. The minimum absolute atomic E-state index is 0.247. The molecule has 2 heterocycles. The largest absolute Gasteiger partial charge is 0.489 e. The van der Waals surface area contributed by atoms with Gasteiger partial charge in [0.25, 0.3) is 5.24 Å². The summed E-state index contributed by atoms with van der Waals surface area (Å²) in [5.74, 6) is 0.185. The molecule has 156 valence electrons. The van der Waals surface area contributed by atoms with E-state index in [2.05, 4.69) is 5.32 Å². The smallest absolute Gasteiger partial charge is 0.335 e. The van der Waals surface area contributed by atoms with E-state index < -0.39 is 11.6 Å². The number of ether oxygens (including phenoxy) is 2. The summed E-state index contributed by atoms with van der Waals surface area (Å²) in [4.78, 5) is 34.1. The molecular weight excluding hydrogens is 406 g/mol.